The highest BCUT2D eigenvalue weighted by Gasteiger charge is 2.29. The molecule has 6 heteroatoms. The van der Waals surface area contributed by atoms with Gasteiger partial charge in [0.15, 0.2) is 6.29 Å². The zero-order chi connectivity index (χ0) is 16.8. The molecule has 1 aliphatic rings. The largest absolute Gasteiger partial charge is 0.487 e. The van der Waals surface area contributed by atoms with E-state index in [-0.39, 0.29) is 11.7 Å². The van der Waals surface area contributed by atoms with Crippen LogP contribution in [0.2, 0.25) is 0 Å². The molecule has 6 nitrogen and oxygen atoms in total. The zero-order valence-electron chi connectivity index (χ0n) is 13.8. The lowest BCUT2D eigenvalue weighted by molar-refractivity contribution is -0.106. The molecular formula is C17H24O6. The zero-order valence-corrected chi connectivity index (χ0v) is 13.8. The maximum Gasteiger partial charge on any atom is 0.342 e. The third kappa shape index (κ3) is 4.02. The molecule has 1 aliphatic carbocycles. The molecule has 0 heterocycles. The second-order valence-electron chi connectivity index (χ2n) is 5.52. The summed E-state index contributed by atoms with van der Waals surface area (Å²) in [6, 6.07) is 5.19. The van der Waals surface area contributed by atoms with Crippen molar-refractivity contribution in [1.82, 2.24) is 0 Å². The number of hydrogen-bond acceptors (Lipinski definition) is 6. The Labute approximate surface area is 136 Å². The van der Waals surface area contributed by atoms with Crippen molar-refractivity contribution in [3.63, 3.8) is 0 Å². The van der Waals surface area contributed by atoms with Gasteiger partial charge >= 0.3 is 5.97 Å². The van der Waals surface area contributed by atoms with Crippen molar-refractivity contribution in [3.05, 3.63) is 29.3 Å². The molecule has 1 aromatic rings. The number of carbonyl (C=O) groups excluding carboxylic acids is 1. The summed E-state index contributed by atoms with van der Waals surface area (Å²) in [5.41, 5.74) is 0.797. The number of aliphatic hydroxyl groups excluding tert-OH is 1. The molecular weight excluding hydrogens is 300 g/mol. The van der Waals surface area contributed by atoms with E-state index >= 15 is 0 Å². The third-order valence-electron chi connectivity index (χ3n) is 4.08. The van der Waals surface area contributed by atoms with E-state index < -0.39 is 18.4 Å². The first-order valence-electron chi connectivity index (χ1n) is 7.73. The monoisotopic (exact) mass is 324 g/mol. The van der Waals surface area contributed by atoms with Crippen LogP contribution in [0.5, 0.6) is 5.75 Å². The maximum atomic E-state index is 12.2. The van der Waals surface area contributed by atoms with E-state index in [2.05, 4.69) is 0 Å². The summed E-state index contributed by atoms with van der Waals surface area (Å²) >= 11 is 0. The summed E-state index contributed by atoms with van der Waals surface area (Å²) < 4.78 is 21.3. The van der Waals surface area contributed by atoms with Crippen molar-refractivity contribution in [1.29, 1.82) is 0 Å². The van der Waals surface area contributed by atoms with Gasteiger partial charge < -0.3 is 24.1 Å². The lowest BCUT2D eigenvalue weighted by Gasteiger charge is -2.29. The Morgan fingerprint density at radius 3 is 2.48 bits per heavy atom. The Balaban J connectivity index is 2.37. The number of benzene rings is 1. The van der Waals surface area contributed by atoms with Crippen LogP contribution in [0.4, 0.5) is 0 Å². The van der Waals surface area contributed by atoms with Crippen LogP contribution >= 0.6 is 0 Å². The van der Waals surface area contributed by atoms with Crippen molar-refractivity contribution in [2.24, 2.45) is 0 Å². The second-order valence-corrected chi connectivity index (χ2v) is 5.52. The molecule has 23 heavy (non-hydrogen) atoms. The smallest absolute Gasteiger partial charge is 0.342 e. The number of ether oxygens (including phenoxy) is 4. The SMILES string of the molecule is COC(=O)c1c(O[C@H]2CCCC[C@@H]2O)cccc1C(OC)OC. The van der Waals surface area contributed by atoms with Crippen molar-refractivity contribution in [2.45, 2.75) is 44.2 Å². The van der Waals surface area contributed by atoms with E-state index in [9.17, 15) is 9.90 Å². The molecule has 1 aromatic carbocycles. The Morgan fingerprint density at radius 2 is 1.87 bits per heavy atom. The van der Waals surface area contributed by atoms with Gasteiger partial charge in [-0.1, -0.05) is 18.6 Å². The number of rotatable bonds is 6. The molecule has 0 saturated heterocycles. The fraction of sp³-hybridized carbons (Fsp3) is 0.588. The first kappa shape index (κ1) is 17.7. The van der Waals surface area contributed by atoms with Crippen molar-refractivity contribution >= 4 is 5.97 Å². The molecule has 0 radical (unpaired) electrons. The van der Waals surface area contributed by atoms with Crippen LogP contribution in [0.1, 0.15) is 47.9 Å². The molecule has 0 amide bonds. The van der Waals surface area contributed by atoms with Crippen molar-refractivity contribution in [2.75, 3.05) is 21.3 Å². The average Bonchev–Trinajstić information content (AvgIpc) is 2.57. The van der Waals surface area contributed by atoms with Gasteiger partial charge in [0.05, 0.1) is 13.2 Å². The summed E-state index contributed by atoms with van der Waals surface area (Å²) in [5.74, 6) is -0.153. The van der Waals surface area contributed by atoms with Gasteiger partial charge in [-0.2, -0.15) is 0 Å². The van der Waals surface area contributed by atoms with Crippen LogP contribution in [0.25, 0.3) is 0 Å². The Bertz CT molecular complexity index is 526. The summed E-state index contributed by atoms with van der Waals surface area (Å²) in [7, 11) is 4.30. The highest BCUT2D eigenvalue weighted by Crippen LogP contribution is 2.32. The molecule has 1 N–H and O–H groups in total. The molecule has 0 unspecified atom stereocenters. The van der Waals surface area contributed by atoms with Crippen LogP contribution in [0.15, 0.2) is 18.2 Å². The lowest BCUT2D eigenvalue weighted by atomic mass is 9.94. The standard InChI is InChI=1S/C17H24O6/c1-20-16(19)15-11(17(21-2)22-3)7-6-10-14(15)23-13-9-5-4-8-12(13)18/h6-7,10,12-13,17-18H,4-5,8-9H2,1-3H3/t12-,13-/m0/s1. The minimum absolute atomic E-state index is 0.265. The maximum absolute atomic E-state index is 12.2. The molecule has 0 bridgehead atoms. The third-order valence-corrected chi connectivity index (χ3v) is 4.08. The second kappa shape index (κ2) is 8.29. The van der Waals surface area contributed by atoms with Crippen LogP contribution in [0.3, 0.4) is 0 Å². The fourth-order valence-electron chi connectivity index (χ4n) is 2.89. The number of aliphatic hydroxyl groups is 1. The van der Waals surface area contributed by atoms with Gasteiger partial charge in [-0.3, -0.25) is 0 Å². The number of carbonyl (C=O) groups is 1. The topological polar surface area (TPSA) is 74.2 Å². The van der Waals surface area contributed by atoms with E-state index in [1.807, 2.05) is 0 Å². The van der Waals surface area contributed by atoms with Crippen LogP contribution in [0, 0.1) is 0 Å². The van der Waals surface area contributed by atoms with Gasteiger partial charge in [-0.05, 0) is 25.3 Å². The summed E-state index contributed by atoms with van der Waals surface area (Å²) in [5, 5.41) is 10.1. The molecule has 1 saturated carbocycles. The van der Waals surface area contributed by atoms with Crippen LogP contribution < -0.4 is 4.74 Å². The van der Waals surface area contributed by atoms with Gasteiger partial charge in [0.25, 0.3) is 0 Å². The molecule has 128 valence electrons. The van der Waals surface area contributed by atoms with Gasteiger partial charge in [-0.15, -0.1) is 0 Å². The molecule has 0 aliphatic heterocycles. The van der Waals surface area contributed by atoms with E-state index in [4.69, 9.17) is 18.9 Å². The van der Waals surface area contributed by atoms with Crippen molar-refractivity contribution in [3.8, 4) is 5.75 Å². The highest BCUT2D eigenvalue weighted by atomic mass is 16.7. The first-order chi connectivity index (χ1) is 11.1. The average molecular weight is 324 g/mol. The lowest BCUT2D eigenvalue weighted by Crippen LogP contribution is -2.35. The molecule has 0 aromatic heterocycles. The quantitative estimate of drug-likeness (QED) is 0.640. The Kier molecular flexibility index (Phi) is 6.38. The van der Waals surface area contributed by atoms with Crippen molar-refractivity contribution < 1.29 is 28.8 Å². The summed E-state index contributed by atoms with van der Waals surface area (Å²) in [6.45, 7) is 0. The first-order valence-corrected chi connectivity index (χ1v) is 7.73. The number of methoxy groups -OCH3 is 3. The molecule has 2 atom stereocenters. The van der Waals surface area contributed by atoms with E-state index in [0.717, 1.165) is 19.3 Å². The Morgan fingerprint density at radius 1 is 1.17 bits per heavy atom. The van der Waals surface area contributed by atoms with E-state index in [0.29, 0.717) is 17.7 Å². The summed E-state index contributed by atoms with van der Waals surface area (Å²) in [4.78, 5) is 12.2. The van der Waals surface area contributed by atoms with Gasteiger partial charge in [0.2, 0.25) is 0 Å². The molecule has 0 spiro atoms. The minimum atomic E-state index is -0.705. The Hall–Kier alpha value is -1.63. The number of esters is 1. The normalized spacial score (nSPS) is 21.3. The van der Waals surface area contributed by atoms with Crippen LogP contribution in [-0.4, -0.2) is 44.6 Å². The van der Waals surface area contributed by atoms with Gasteiger partial charge in [0, 0.05) is 19.8 Å². The van der Waals surface area contributed by atoms with E-state index in [1.54, 1.807) is 18.2 Å². The number of hydrogen-bond donors (Lipinski definition) is 1. The predicted octanol–water partition coefficient (Wildman–Crippen LogP) is 2.45. The van der Waals surface area contributed by atoms with Gasteiger partial charge in [-0.25, -0.2) is 4.79 Å². The van der Waals surface area contributed by atoms with Gasteiger partial charge in [0.1, 0.15) is 17.4 Å². The molecule has 1 fully saturated rings. The minimum Gasteiger partial charge on any atom is -0.487 e. The highest BCUT2D eigenvalue weighted by molar-refractivity contribution is 5.94. The van der Waals surface area contributed by atoms with E-state index in [1.165, 1.54) is 21.3 Å². The molecule has 2 rings (SSSR count). The summed E-state index contributed by atoms with van der Waals surface area (Å²) in [6.07, 6.45) is 1.88. The predicted molar refractivity (Wildman–Crippen MR) is 83.4 cm³/mol. The fourth-order valence-corrected chi connectivity index (χ4v) is 2.89. The van der Waals surface area contributed by atoms with Crippen LogP contribution in [-0.2, 0) is 14.2 Å².